The van der Waals surface area contributed by atoms with Crippen molar-refractivity contribution in [2.24, 2.45) is 0 Å². The summed E-state index contributed by atoms with van der Waals surface area (Å²) in [6, 6.07) is -0.0107. The second kappa shape index (κ2) is 5.50. The molecule has 0 bridgehead atoms. The normalized spacial score (nSPS) is 20.9. The van der Waals surface area contributed by atoms with Crippen molar-refractivity contribution in [1.82, 2.24) is 10.2 Å². The third-order valence-electron chi connectivity index (χ3n) is 2.50. The van der Waals surface area contributed by atoms with E-state index in [1.807, 2.05) is 6.92 Å². The minimum atomic E-state index is -0.862. The lowest BCUT2D eigenvalue weighted by molar-refractivity contribution is 0.0475. The summed E-state index contributed by atoms with van der Waals surface area (Å²) in [5.74, 6) is 0. The lowest BCUT2D eigenvalue weighted by atomic mass is 10.1. The number of carbonyl (C=O) groups is 1. The number of hydrogen-bond acceptors (Lipinski definition) is 3. The Kier molecular flexibility index (Phi) is 4.56. The van der Waals surface area contributed by atoms with Crippen molar-refractivity contribution in [3.8, 4) is 0 Å². The van der Waals surface area contributed by atoms with Crippen LogP contribution >= 0.6 is 0 Å². The Balaban J connectivity index is 2.42. The fraction of sp³-hybridized carbons (Fsp3) is 0.909. The van der Waals surface area contributed by atoms with Gasteiger partial charge in [-0.1, -0.05) is 0 Å². The van der Waals surface area contributed by atoms with Crippen LogP contribution in [0.25, 0.3) is 0 Å². The zero-order valence-corrected chi connectivity index (χ0v) is 10.3. The second-order valence-electron chi connectivity index (χ2n) is 4.84. The number of nitrogens with zero attached hydrogens (tertiary/aromatic N) is 1. The molecule has 1 heterocycles. The van der Waals surface area contributed by atoms with Gasteiger partial charge in [-0.2, -0.15) is 0 Å². The van der Waals surface area contributed by atoms with Crippen LogP contribution in [0.15, 0.2) is 0 Å². The molecule has 1 rings (SSSR count). The van der Waals surface area contributed by atoms with Gasteiger partial charge in [0.05, 0.1) is 24.8 Å². The van der Waals surface area contributed by atoms with E-state index in [4.69, 9.17) is 4.74 Å². The van der Waals surface area contributed by atoms with E-state index in [2.05, 4.69) is 5.32 Å². The van der Waals surface area contributed by atoms with Crippen LogP contribution in [-0.2, 0) is 4.74 Å². The van der Waals surface area contributed by atoms with E-state index in [9.17, 15) is 9.90 Å². The molecule has 0 radical (unpaired) electrons. The summed E-state index contributed by atoms with van der Waals surface area (Å²) in [6.45, 7) is 7.51. The molecule has 2 amide bonds. The van der Waals surface area contributed by atoms with Crippen molar-refractivity contribution in [3.63, 3.8) is 0 Å². The second-order valence-corrected chi connectivity index (χ2v) is 4.84. The van der Waals surface area contributed by atoms with Crippen LogP contribution in [0, 0.1) is 0 Å². The predicted molar refractivity (Wildman–Crippen MR) is 61.3 cm³/mol. The van der Waals surface area contributed by atoms with Crippen LogP contribution in [0.4, 0.5) is 4.79 Å². The third-order valence-corrected chi connectivity index (χ3v) is 2.50. The fourth-order valence-corrected chi connectivity index (χ4v) is 1.71. The van der Waals surface area contributed by atoms with Gasteiger partial charge in [-0.3, -0.25) is 0 Å². The molecule has 0 saturated carbocycles. The van der Waals surface area contributed by atoms with Crippen molar-refractivity contribution in [1.29, 1.82) is 0 Å². The molecule has 1 fully saturated rings. The molecule has 2 N–H and O–H groups in total. The molecular formula is C11H22N2O3. The standard InChI is InChI=1S/C11H22N2O3/c1-4-13(8-11(2,3)15)10(14)12-9-5-6-16-7-9/h9,15H,4-8H2,1-3H3,(H,12,14). The summed E-state index contributed by atoms with van der Waals surface area (Å²) in [5.41, 5.74) is -0.862. The topological polar surface area (TPSA) is 61.8 Å². The number of hydrogen-bond donors (Lipinski definition) is 2. The molecule has 16 heavy (non-hydrogen) atoms. The first-order valence-corrected chi connectivity index (χ1v) is 5.78. The lowest BCUT2D eigenvalue weighted by Gasteiger charge is -2.29. The van der Waals surface area contributed by atoms with Gasteiger partial charge in [0, 0.05) is 13.2 Å². The number of urea groups is 1. The molecule has 5 heteroatoms. The Morgan fingerprint density at radius 2 is 2.31 bits per heavy atom. The Morgan fingerprint density at radius 1 is 1.62 bits per heavy atom. The highest BCUT2D eigenvalue weighted by atomic mass is 16.5. The van der Waals surface area contributed by atoms with Crippen LogP contribution < -0.4 is 5.32 Å². The van der Waals surface area contributed by atoms with E-state index in [1.54, 1.807) is 18.7 Å². The van der Waals surface area contributed by atoms with Crippen LogP contribution in [-0.4, -0.2) is 54.0 Å². The number of rotatable bonds is 4. The molecule has 0 aromatic rings. The highest BCUT2D eigenvalue weighted by Crippen LogP contribution is 2.07. The molecule has 5 nitrogen and oxygen atoms in total. The Hall–Kier alpha value is -0.810. The van der Waals surface area contributed by atoms with Crippen LogP contribution in [0.1, 0.15) is 27.2 Å². The molecule has 1 aliphatic rings. The average molecular weight is 230 g/mol. The van der Waals surface area contributed by atoms with Gasteiger partial charge < -0.3 is 20.1 Å². The summed E-state index contributed by atoms with van der Waals surface area (Å²) in [4.78, 5) is 13.5. The summed E-state index contributed by atoms with van der Waals surface area (Å²) in [7, 11) is 0. The number of nitrogens with one attached hydrogen (secondary N) is 1. The van der Waals surface area contributed by atoms with E-state index in [-0.39, 0.29) is 12.1 Å². The first-order valence-electron chi connectivity index (χ1n) is 5.78. The number of amides is 2. The van der Waals surface area contributed by atoms with E-state index in [0.29, 0.717) is 26.3 Å². The molecule has 1 unspecified atom stereocenters. The Morgan fingerprint density at radius 3 is 2.75 bits per heavy atom. The maximum Gasteiger partial charge on any atom is 0.317 e. The fourth-order valence-electron chi connectivity index (χ4n) is 1.71. The molecule has 0 aromatic carbocycles. The van der Waals surface area contributed by atoms with Gasteiger partial charge >= 0.3 is 6.03 Å². The van der Waals surface area contributed by atoms with E-state index in [0.717, 1.165) is 6.42 Å². The van der Waals surface area contributed by atoms with Gasteiger partial charge in [-0.15, -0.1) is 0 Å². The summed E-state index contributed by atoms with van der Waals surface area (Å²) in [5, 5.41) is 12.6. The largest absolute Gasteiger partial charge is 0.389 e. The number of carbonyl (C=O) groups excluding carboxylic acids is 1. The molecule has 0 aromatic heterocycles. The van der Waals surface area contributed by atoms with Crippen molar-refractivity contribution in [2.45, 2.75) is 38.8 Å². The van der Waals surface area contributed by atoms with Crippen molar-refractivity contribution >= 4 is 6.03 Å². The Bertz CT molecular complexity index is 232. The summed E-state index contributed by atoms with van der Waals surface area (Å²) in [6.07, 6.45) is 0.867. The van der Waals surface area contributed by atoms with E-state index in [1.165, 1.54) is 0 Å². The lowest BCUT2D eigenvalue weighted by Crippen LogP contribution is -2.49. The molecule has 1 saturated heterocycles. The third kappa shape index (κ3) is 4.37. The zero-order valence-electron chi connectivity index (χ0n) is 10.3. The van der Waals surface area contributed by atoms with Gasteiger partial charge in [-0.25, -0.2) is 4.79 Å². The smallest absolute Gasteiger partial charge is 0.317 e. The summed E-state index contributed by atoms with van der Waals surface area (Å²) >= 11 is 0. The van der Waals surface area contributed by atoms with Crippen molar-refractivity contribution in [3.05, 3.63) is 0 Å². The van der Waals surface area contributed by atoms with Crippen LogP contribution in [0.2, 0.25) is 0 Å². The number of ether oxygens (including phenoxy) is 1. The van der Waals surface area contributed by atoms with E-state index >= 15 is 0 Å². The first-order chi connectivity index (χ1) is 7.42. The maximum atomic E-state index is 11.9. The molecule has 0 spiro atoms. The van der Waals surface area contributed by atoms with Gasteiger partial charge in [-0.05, 0) is 27.2 Å². The molecule has 1 aliphatic heterocycles. The Labute approximate surface area is 96.8 Å². The van der Waals surface area contributed by atoms with Gasteiger partial charge in [0.1, 0.15) is 0 Å². The SMILES string of the molecule is CCN(CC(C)(C)O)C(=O)NC1CCOC1. The van der Waals surface area contributed by atoms with Crippen molar-refractivity contribution < 1.29 is 14.6 Å². The average Bonchev–Trinajstić information content (AvgIpc) is 2.65. The van der Waals surface area contributed by atoms with E-state index < -0.39 is 5.60 Å². The van der Waals surface area contributed by atoms with Gasteiger partial charge in [0.25, 0.3) is 0 Å². The van der Waals surface area contributed by atoms with Gasteiger partial charge in [0.15, 0.2) is 0 Å². The molecule has 0 aliphatic carbocycles. The molecule has 94 valence electrons. The molecule has 1 atom stereocenters. The van der Waals surface area contributed by atoms with Gasteiger partial charge in [0.2, 0.25) is 0 Å². The number of likely N-dealkylation sites (N-methyl/N-ethyl adjacent to an activating group) is 1. The minimum absolute atomic E-state index is 0.114. The highest BCUT2D eigenvalue weighted by molar-refractivity contribution is 5.74. The quantitative estimate of drug-likeness (QED) is 0.742. The van der Waals surface area contributed by atoms with Crippen molar-refractivity contribution in [2.75, 3.05) is 26.3 Å². The summed E-state index contributed by atoms with van der Waals surface area (Å²) < 4.78 is 5.19. The monoisotopic (exact) mass is 230 g/mol. The highest BCUT2D eigenvalue weighted by Gasteiger charge is 2.24. The van der Waals surface area contributed by atoms with Crippen LogP contribution in [0.5, 0.6) is 0 Å². The minimum Gasteiger partial charge on any atom is -0.389 e. The zero-order chi connectivity index (χ0) is 12.2. The molecular weight excluding hydrogens is 208 g/mol. The first kappa shape index (κ1) is 13.3. The number of aliphatic hydroxyl groups is 1. The maximum absolute atomic E-state index is 11.9. The van der Waals surface area contributed by atoms with Crippen LogP contribution in [0.3, 0.4) is 0 Å². The predicted octanol–water partition coefficient (Wildman–Crippen LogP) is 0.578.